The van der Waals surface area contributed by atoms with Crippen LogP contribution in [0, 0.1) is 22.7 Å². The van der Waals surface area contributed by atoms with Crippen molar-refractivity contribution in [1.29, 1.82) is 10.5 Å². The first-order chi connectivity index (χ1) is 11.1. The Morgan fingerprint density at radius 3 is 2.78 bits per heavy atom. The van der Waals surface area contributed by atoms with Crippen molar-refractivity contribution >= 4 is 11.8 Å². The molecule has 116 valence electrons. The Balaban J connectivity index is 2.74. The molecular weight excluding hydrogens is 316 g/mol. The number of nitrogens with zero attached hydrogens (tertiary/aromatic N) is 3. The fourth-order valence-corrected chi connectivity index (χ4v) is 2.28. The summed E-state index contributed by atoms with van der Waals surface area (Å²) in [5.41, 5.74) is -0.0567. The highest BCUT2D eigenvalue weighted by Gasteiger charge is 2.18. The van der Waals surface area contributed by atoms with Crippen molar-refractivity contribution in [2.24, 2.45) is 0 Å². The van der Waals surface area contributed by atoms with Gasteiger partial charge in [0.15, 0.2) is 11.8 Å². The zero-order chi connectivity index (χ0) is 16.8. The Hall–Kier alpha value is -2.97. The molecule has 0 atom stereocenters. The van der Waals surface area contributed by atoms with Gasteiger partial charge in [-0.2, -0.15) is 10.5 Å². The van der Waals surface area contributed by atoms with Gasteiger partial charge in [-0.05, 0) is 24.5 Å². The zero-order valence-corrected chi connectivity index (χ0v) is 13.2. The highest BCUT2D eigenvalue weighted by molar-refractivity contribution is 7.98. The predicted molar refractivity (Wildman–Crippen MR) is 84.4 cm³/mol. The summed E-state index contributed by atoms with van der Waals surface area (Å²) in [4.78, 5) is 18.9. The van der Waals surface area contributed by atoms with Crippen LogP contribution in [0.2, 0.25) is 0 Å². The molecule has 0 aliphatic heterocycles. The van der Waals surface area contributed by atoms with Crippen molar-refractivity contribution in [3.8, 4) is 34.9 Å². The third kappa shape index (κ3) is 3.44. The fraction of sp³-hybridized carbons (Fsp3) is 0.200. The van der Waals surface area contributed by atoms with Gasteiger partial charge in [-0.15, -0.1) is 0 Å². The molecule has 1 aromatic carbocycles. The monoisotopic (exact) mass is 328 g/mol. The molecule has 0 fully saturated rings. The lowest BCUT2D eigenvalue weighted by Gasteiger charge is -2.12. The van der Waals surface area contributed by atoms with Gasteiger partial charge in [-0.1, -0.05) is 11.8 Å². The highest BCUT2D eigenvalue weighted by atomic mass is 32.2. The molecule has 0 spiro atoms. The van der Waals surface area contributed by atoms with Crippen LogP contribution in [0.1, 0.15) is 5.56 Å². The van der Waals surface area contributed by atoms with E-state index in [4.69, 9.17) is 14.7 Å². The lowest BCUT2D eigenvalue weighted by Crippen LogP contribution is -2.15. The third-order valence-electron chi connectivity index (χ3n) is 2.94. The summed E-state index contributed by atoms with van der Waals surface area (Å²) < 4.78 is 10.5. The van der Waals surface area contributed by atoms with E-state index in [2.05, 4.69) is 9.97 Å². The largest absolute Gasteiger partial charge is 0.497 e. The van der Waals surface area contributed by atoms with Gasteiger partial charge in [-0.3, -0.25) is 4.79 Å². The average Bonchev–Trinajstić information content (AvgIpc) is 2.58. The van der Waals surface area contributed by atoms with Crippen LogP contribution in [0.5, 0.6) is 11.5 Å². The van der Waals surface area contributed by atoms with Gasteiger partial charge < -0.3 is 14.5 Å². The molecule has 0 aliphatic rings. The molecular formula is C15H12N4O3S. The predicted octanol–water partition coefficient (Wildman–Crippen LogP) is 1.94. The minimum atomic E-state index is -0.532. The third-order valence-corrected chi connectivity index (χ3v) is 3.52. The maximum absolute atomic E-state index is 12.0. The number of methoxy groups -OCH3 is 1. The molecule has 1 aromatic heterocycles. The number of nitriles is 2. The number of nitrogens with one attached hydrogen (secondary N) is 1. The molecule has 8 heteroatoms. The maximum atomic E-state index is 12.0. The van der Waals surface area contributed by atoms with Gasteiger partial charge in [0, 0.05) is 5.56 Å². The first-order valence-electron chi connectivity index (χ1n) is 6.41. The Kier molecular flexibility index (Phi) is 5.23. The Labute approximate surface area is 136 Å². The number of aromatic amines is 1. The van der Waals surface area contributed by atoms with Crippen molar-refractivity contribution in [3.05, 3.63) is 34.1 Å². The number of rotatable bonds is 5. The van der Waals surface area contributed by atoms with E-state index in [1.807, 2.05) is 12.1 Å². The average molecular weight is 328 g/mol. The maximum Gasteiger partial charge on any atom is 0.270 e. The molecule has 2 aromatic rings. The molecule has 1 N–H and O–H groups in total. The lowest BCUT2D eigenvalue weighted by molar-refractivity contribution is 0.367. The van der Waals surface area contributed by atoms with E-state index in [0.717, 1.165) is 0 Å². The molecule has 0 saturated carbocycles. The van der Waals surface area contributed by atoms with E-state index >= 15 is 0 Å². The Bertz CT molecular complexity index is 864. The lowest BCUT2D eigenvalue weighted by atomic mass is 10.1. The van der Waals surface area contributed by atoms with Crippen LogP contribution >= 0.6 is 11.8 Å². The molecule has 7 nitrogen and oxygen atoms in total. The van der Waals surface area contributed by atoms with Crippen molar-refractivity contribution in [2.75, 3.05) is 20.0 Å². The normalized spacial score (nSPS) is 9.74. The first-order valence-corrected chi connectivity index (χ1v) is 7.63. The van der Waals surface area contributed by atoms with Crippen molar-refractivity contribution in [3.63, 3.8) is 0 Å². The van der Waals surface area contributed by atoms with Gasteiger partial charge in [0.2, 0.25) is 0 Å². The van der Waals surface area contributed by atoms with Gasteiger partial charge in [0.05, 0.1) is 7.11 Å². The van der Waals surface area contributed by atoms with Crippen molar-refractivity contribution in [1.82, 2.24) is 9.97 Å². The quantitative estimate of drug-likeness (QED) is 0.659. The number of H-pyrrole nitrogens is 1. The minimum absolute atomic E-state index is 0.127. The molecule has 23 heavy (non-hydrogen) atoms. The highest BCUT2D eigenvalue weighted by Crippen LogP contribution is 2.34. The minimum Gasteiger partial charge on any atom is -0.497 e. The number of benzene rings is 1. The summed E-state index contributed by atoms with van der Waals surface area (Å²) in [6, 6.07) is 8.61. The van der Waals surface area contributed by atoms with E-state index in [1.165, 1.54) is 18.9 Å². The van der Waals surface area contributed by atoms with Crippen molar-refractivity contribution < 1.29 is 9.47 Å². The fourth-order valence-electron chi connectivity index (χ4n) is 1.90. The topological polar surface area (TPSA) is 112 Å². The zero-order valence-electron chi connectivity index (χ0n) is 12.4. The number of aromatic nitrogens is 2. The molecule has 0 aliphatic carbocycles. The number of hydrogen-bond acceptors (Lipinski definition) is 7. The number of ether oxygens (including phenoxy) is 2. The molecule has 2 rings (SSSR count). The van der Waals surface area contributed by atoms with E-state index < -0.39 is 5.56 Å². The summed E-state index contributed by atoms with van der Waals surface area (Å²) in [6.45, 7) is -0.167. The van der Waals surface area contributed by atoms with E-state index in [0.29, 0.717) is 22.2 Å². The SMILES string of the molecule is COc1ccc(OCC#N)c(-c2nc(SC)[nH]c(=O)c2C#N)c1. The Morgan fingerprint density at radius 1 is 1.39 bits per heavy atom. The van der Waals surface area contributed by atoms with Gasteiger partial charge in [-0.25, -0.2) is 4.98 Å². The van der Waals surface area contributed by atoms with Gasteiger partial charge >= 0.3 is 0 Å². The molecule has 0 saturated heterocycles. The van der Waals surface area contributed by atoms with Gasteiger partial charge in [0.25, 0.3) is 5.56 Å². The second-order valence-electron chi connectivity index (χ2n) is 4.22. The van der Waals surface area contributed by atoms with E-state index in [-0.39, 0.29) is 17.9 Å². The van der Waals surface area contributed by atoms with E-state index in [9.17, 15) is 10.1 Å². The van der Waals surface area contributed by atoms with Crippen LogP contribution in [0.25, 0.3) is 11.3 Å². The van der Waals surface area contributed by atoms with Crippen molar-refractivity contribution in [2.45, 2.75) is 5.16 Å². The van der Waals surface area contributed by atoms with Crippen LogP contribution in [0.4, 0.5) is 0 Å². The first kappa shape index (κ1) is 16.4. The standard InChI is InChI=1S/C15H12N4O3S/c1-21-9-3-4-12(22-6-5-16)10(7-9)13-11(8-17)14(20)19-15(18-13)23-2/h3-4,7H,6H2,1-2H3,(H,18,19,20). The second-order valence-corrected chi connectivity index (χ2v) is 5.01. The van der Waals surface area contributed by atoms with Crippen LogP contribution in [-0.2, 0) is 0 Å². The summed E-state index contributed by atoms with van der Waals surface area (Å²) in [5, 5.41) is 18.3. The molecule has 1 heterocycles. The molecule has 0 unspecified atom stereocenters. The molecule has 0 amide bonds. The van der Waals surface area contributed by atoms with Crippen LogP contribution in [-0.4, -0.2) is 29.9 Å². The number of thioether (sulfide) groups is 1. The van der Waals surface area contributed by atoms with Crippen LogP contribution in [0.3, 0.4) is 0 Å². The smallest absolute Gasteiger partial charge is 0.270 e. The van der Waals surface area contributed by atoms with Crippen LogP contribution < -0.4 is 15.0 Å². The van der Waals surface area contributed by atoms with Crippen LogP contribution in [0.15, 0.2) is 28.2 Å². The van der Waals surface area contributed by atoms with Gasteiger partial charge in [0.1, 0.15) is 34.9 Å². The summed E-state index contributed by atoms with van der Waals surface area (Å²) in [7, 11) is 1.50. The summed E-state index contributed by atoms with van der Waals surface area (Å²) >= 11 is 1.24. The van der Waals surface area contributed by atoms with E-state index in [1.54, 1.807) is 24.5 Å². The number of hydrogen-bond donors (Lipinski definition) is 1. The molecule has 0 bridgehead atoms. The summed E-state index contributed by atoms with van der Waals surface area (Å²) in [5.74, 6) is 0.856. The molecule has 0 radical (unpaired) electrons. The summed E-state index contributed by atoms with van der Waals surface area (Å²) in [6.07, 6.45) is 1.76. The second kappa shape index (κ2) is 7.34. The Morgan fingerprint density at radius 2 is 2.17 bits per heavy atom.